The number of fused-ring (bicyclic) bond motifs is 4. The molecule has 28 heteroatoms. The molecule has 4 saturated heterocycles. The van der Waals surface area contributed by atoms with Gasteiger partial charge in [-0.25, -0.2) is 25.9 Å². The standard InChI is InChI=1S/C16H21ClN4O.C15H21ClN4O2S.C15H19ClN4O.C14H19ClN4O2S/c1-11(22)20(2)9-12-4-3-5-21(10-12)16-7-13(17)6-15-14(16)8-18-19-15;1-19(23(2,21)22)9-11-4-3-5-20(10-11)15-7-12(16)6-14-13(15)8-17-18-14;1-10(21)17-7-11-3-2-4-20(9-11)15-6-12(16)5-14-13(15)8-18-19-14;1-22(20,21)17-7-10-3-2-4-19(9-10)14-6-11(15)5-13-12(14)8-16-18-13/h6-8,12H,3-5,9-10H2,1-2H3,(H,18,19);6-8,11H,3-5,9-10H2,1-2H3,(H,17,18);5-6,8,11H,2-4,7,9H2,1H3,(H,17,21)(H,18,19);5-6,8,10,17H,2-4,7,9H2,1H3,(H,16,18). The van der Waals surface area contributed by atoms with Crippen molar-refractivity contribution >= 4 is 145 Å². The van der Waals surface area contributed by atoms with Crippen LogP contribution >= 0.6 is 46.4 Å². The second-order valence-electron chi connectivity index (χ2n) is 23.8. The number of nitrogens with one attached hydrogen (secondary N) is 6. The molecule has 12 rings (SSSR count). The normalized spacial score (nSPS) is 19.3. The minimum absolute atomic E-state index is 0.0344. The lowest BCUT2D eigenvalue weighted by Crippen LogP contribution is -2.41. The average Bonchev–Trinajstić information content (AvgIpc) is 2.02. The Labute approximate surface area is 534 Å². The van der Waals surface area contributed by atoms with Crippen LogP contribution in [0.1, 0.15) is 65.2 Å². The van der Waals surface area contributed by atoms with Crippen LogP contribution in [0.5, 0.6) is 0 Å². The van der Waals surface area contributed by atoms with Gasteiger partial charge in [0.2, 0.25) is 31.9 Å². The van der Waals surface area contributed by atoms with Crippen LogP contribution in [-0.4, -0.2) is 184 Å². The lowest BCUT2D eigenvalue weighted by molar-refractivity contribution is -0.128. The van der Waals surface area contributed by atoms with Crippen LogP contribution in [-0.2, 0) is 29.6 Å². The molecule has 0 bridgehead atoms. The van der Waals surface area contributed by atoms with Crippen molar-refractivity contribution in [2.75, 3.05) is 125 Å². The number of nitrogens with zero attached hydrogens (tertiary/aromatic N) is 10. The first-order valence-electron chi connectivity index (χ1n) is 29.8. The number of aromatic nitrogens is 8. The van der Waals surface area contributed by atoms with Gasteiger partial charge in [0.15, 0.2) is 0 Å². The molecule has 0 spiro atoms. The molecule has 88 heavy (non-hydrogen) atoms. The highest BCUT2D eigenvalue weighted by Gasteiger charge is 2.28. The van der Waals surface area contributed by atoms with Crippen molar-refractivity contribution in [3.8, 4) is 0 Å². The number of rotatable bonds is 14. The molecule has 4 aliphatic rings. The summed E-state index contributed by atoms with van der Waals surface area (Å²) in [4.78, 5) is 33.6. The van der Waals surface area contributed by atoms with E-state index in [1.165, 1.54) is 16.8 Å². The van der Waals surface area contributed by atoms with Crippen molar-refractivity contribution in [3.05, 3.63) is 93.4 Å². The first-order valence-corrected chi connectivity index (χ1v) is 35.0. The number of benzene rings is 4. The molecular formula is C60H80Cl4N16O6S2. The highest BCUT2D eigenvalue weighted by molar-refractivity contribution is 7.88. The summed E-state index contributed by atoms with van der Waals surface area (Å²) < 4.78 is 49.8. The Bertz CT molecular complexity index is 3920. The van der Waals surface area contributed by atoms with Gasteiger partial charge in [-0.2, -0.15) is 20.4 Å². The molecule has 4 aromatic carbocycles. The minimum atomic E-state index is -3.14. The predicted molar refractivity (Wildman–Crippen MR) is 356 cm³/mol. The van der Waals surface area contributed by atoms with E-state index in [1.54, 1.807) is 32.0 Å². The van der Waals surface area contributed by atoms with Crippen molar-refractivity contribution in [1.82, 2.24) is 60.0 Å². The summed E-state index contributed by atoms with van der Waals surface area (Å²) in [5, 5.41) is 38.3. The summed E-state index contributed by atoms with van der Waals surface area (Å²) >= 11 is 24.9. The summed E-state index contributed by atoms with van der Waals surface area (Å²) in [6.45, 7) is 13.2. The van der Waals surface area contributed by atoms with Crippen LogP contribution in [0.4, 0.5) is 22.7 Å². The van der Waals surface area contributed by atoms with E-state index in [2.05, 4.69) is 70.4 Å². The van der Waals surface area contributed by atoms with Gasteiger partial charge in [-0.05, 0) is 124 Å². The van der Waals surface area contributed by atoms with E-state index in [0.29, 0.717) is 51.8 Å². The van der Waals surface area contributed by atoms with Crippen molar-refractivity contribution < 1.29 is 26.4 Å². The molecule has 4 fully saturated rings. The Balaban J connectivity index is 0.000000140. The number of aromatic amines is 4. The summed E-state index contributed by atoms with van der Waals surface area (Å²) in [6, 6.07) is 15.4. The molecular weight excluding hydrogens is 1250 g/mol. The Kier molecular flexibility index (Phi) is 22.4. The number of hydrogen-bond donors (Lipinski definition) is 6. The summed E-state index contributed by atoms with van der Waals surface area (Å²) in [5.74, 6) is 1.73. The molecule has 4 aromatic heterocycles. The molecule has 22 nitrogen and oxygen atoms in total. The Hall–Kier alpha value is -6.12. The van der Waals surface area contributed by atoms with E-state index in [4.69, 9.17) is 46.4 Å². The molecule has 8 aromatic rings. The Morgan fingerprint density at radius 1 is 0.511 bits per heavy atom. The Morgan fingerprint density at radius 2 is 0.830 bits per heavy atom. The smallest absolute Gasteiger partial charge is 0.219 e. The van der Waals surface area contributed by atoms with Crippen LogP contribution in [0.2, 0.25) is 20.1 Å². The molecule has 0 aliphatic carbocycles. The number of amides is 2. The van der Waals surface area contributed by atoms with Crippen LogP contribution in [0.3, 0.4) is 0 Å². The van der Waals surface area contributed by atoms with Crippen molar-refractivity contribution in [3.63, 3.8) is 0 Å². The van der Waals surface area contributed by atoms with Gasteiger partial charge in [0, 0.05) is 171 Å². The minimum Gasteiger partial charge on any atom is -0.371 e. The van der Waals surface area contributed by atoms with Crippen molar-refractivity contribution in [1.29, 1.82) is 0 Å². The molecule has 6 N–H and O–H groups in total. The van der Waals surface area contributed by atoms with Gasteiger partial charge in [0.05, 0.1) is 59.4 Å². The average molecular weight is 1330 g/mol. The third kappa shape index (κ3) is 17.8. The number of carbonyl (C=O) groups is 2. The number of hydrogen-bond acceptors (Lipinski definition) is 14. The van der Waals surface area contributed by atoms with Gasteiger partial charge in [0.25, 0.3) is 0 Å². The first-order chi connectivity index (χ1) is 41.9. The maximum Gasteiger partial charge on any atom is 0.219 e. The lowest BCUT2D eigenvalue weighted by Gasteiger charge is -2.36. The number of H-pyrrole nitrogens is 4. The molecule has 4 atom stereocenters. The number of halogens is 4. The third-order valence-electron chi connectivity index (χ3n) is 16.9. The molecule has 0 radical (unpaired) electrons. The zero-order valence-corrected chi connectivity index (χ0v) is 55.3. The van der Waals surface area contributed by atoms with Gasteiger partial charge >= 0.3 is 0 Å². The van der Waals surface area contributed by atoms with Crippen molar-refractivity contribution in [2.45, 2.75) is 65.2 Å². The van der Waals surface area contributed by atoms with Gasteiger partial charge < -0.3 is 29.8 Å². The molecule has 0 saturated carbocycles. The quantitative estimate of drug-likeness (QED) is 0.0592. The second kappa shape index (κ2) is 29.7. The first kappa shape index (κ1) is 66.3. The van der Waals surface area contributed by atoms with E-state index in [0.717, 1.165) is 188 Å². The van der Waals surface area contributed by atoms with Crippen molar-refractivity contribution in [2.24, 2.45) is 23.7 Å². The van der Waals surface area contributed by atoms with E-state index < -0.39 is 20.0 Å². The second-order valence-corrected chi connectivity index (χ2v) is 29.5. The lowest BCUT2D eigenvalue weighted by atomic mass is 9.96. The summed E-state index contributed by atoms with van der Waals surface area (Å²) in [7, 11) is -2.77. The van der Waals surface area contributed by atoms with Crippen LogP contribution in [0.15, 0.2) is 73.3 Å². The topological polar surface area (TPSA) is 261 Å². The van der Waals surface area contributed by atoms with E-state index in [1.807, 2.05) is 74.2 Å². The summed E-state index contributed by atoms with van der Waals surface area (Å²) in [5.41, 5.74) is 8.13. The largest absolute Gasteiger partial charge is 0.371 e. The van der Waals surface area contributed by atoms with Gasteiger partial charge in [-0.3, -0.25) is 30.0 Å². The maximum atomic E-state index is 11.6. The van der Waals surface area contributed by atoms with Gasteiger partial charge in [-0.15, -0.1) is 0 Å². The fraction of sp³-hybridized carbons (Fsp3) is 0.500. The fourth-order valence-corrected chi connectivity index (χ4v) is 14.2. The molecule has 476 valence electrons. The van der Waals surface area contributed by atoms with E-state index in [-0.39, 0.29) is 11.8 Å². The zero-order chi connectivity index (χ0) is 62.9. The molecule has 8 heterocycles. The Morgan fingerprint density at radius 3 is 1.15 bits per heavy atom. The van der Waals surface area contributed by atoms with Crippen LogP contribution in [0, 0.1) is 23.7 Å². The molecule has 4 unspecified atom stereocenters. The number of sulfonamides is 2. The fourth-order valence-electron chi connectivity index (χ4n) is 12.4. The predicted octanol–water partition coefficient (Wildman–Crippen LogP) is 9.79. The third-order valence-corrected chi connectivity index (χ3v) is 19.7. The monoisotopic (exact) mass is 1320 g/mol. The van der Waals surface area contributed by atoms with Gasteiger partial charge in [-0.1, -0.05) is 46.4 Å². The number of piperidine rings is 4. The SMILES string of the molecule is CC(=O)N(C)CC1CCCN(c2cc(Cl)cc3[nH]ncc23)C1.CC(=O)NCC1CCCN(c2cc(Cl)cc3[nH]ncc23)C1.CN(CC1CCCN(c2cc(Cl)cc3[nH]ncc23)C1)S(C)(=O)=O.CS(=O)(=O)NCC1CCCN(c2cc(Cl)cc3[nH]ncc23)C1. The number of anilines is 4. The van der Waals surface area contributed by atoms with Crippen LogP contribution in [0.25, 0.3) is 43.6 Å². The maximum absolute atomic E-state index is 11.6. The zero-order valence-electron chi connectivity index (χ0n) is 50.6. The highest BCUT2D eigenvalue weighted by atomic mass is 35.5. The molecule has 4 aliphatic heterocycles. The van der Waals surface area contributed by atoms with E-state index in [9.17, 15) is 26.4 Å². The highest BCUT2D eigenvalue weighted by Crippen LogP contribution is 2.37. The van der Waals surface area contributed by atoms with Gasteiger partial charge in [0.1, 0.15) is 0 Å². The molecule has 2 amide bonds. The van der Waals surface area contributed by atoms with E-state index >= 15 is 0 Å². The summed E-state index contributed by atoms with van der Waals surface area (Å²) in [6.07, 6.45) is 18.4. The van der Waals surface area contributed by atoms with Crippen LogP contribution < -0.4 is 29.6 Å². The number of carbonyl (C=O) groups excluding carboxylic acids is 2.